The van der Waals surface area contributed by atoms with Gasteiger partial charge < -0.3 is 0 Å². The molecule has 2 aliphatic rings. The molecule has 1 unspecified atom stereocenters. The number of carbonyl (C=O) groups is 3. The van der Waals surface area contributed by atoms with Gasteiger partial charge in [-0.2, -0.15) is 0 Å². The van der Waals surface area contributed by atoms with Crippen molar-refractivity contribution in [2.45, 2.75) is 39.5 Å². The third kappa shape index (κ3) is 5.98. The summed E-state index contributed by atoms with van der Waals surface area (Å²) in [6, 6.07) is 13.7. The van der Waals surface area contributed by atoms with Gasteiger partial charge in [0.25, 0.3) is 0 Å². The van der Waals surface area contributed by atoms with Crippen LogP contribution in [-0.2, 0) is 27.7 Å². The van der Waals surface area contributed by atoms with E-state index in [-0.39, 0.29) is 22.6 Å². The summed E-state index contributed by atoms with van der Waals surface area (Å²) >= 11 is -5.59. The van der Waals surface area contributed by atoms with Crippen LogP contribution in [0.25, 0.3) is 0 Å². The van der Waals surface area contributed by atoms with E-state index in [1.807, 2.05) is 13.8 Å². The van der Waals surface area contributed by atoms with Crippen LogP contribution in [-0.4, -0.2) is 17.9 Å². The standard InChI is InChI=1S/C11H15.3C7H5FO2.Ti/c1-8-7-9(2)11-6-4-3-5-10(8)11;3*8-6-3-1-5(2-4-6)7(9)10;/h8H,3-6H2,1-2H3;3*1-4H,(H,9,10);/q;;;;+3/p-3. The van der Waals surface area contributed by atoms with Crippen molar-refractivity contribution in [1.82, 2.24) is 0 Å². The molecule has 0 amide bonds. The minimum atomic E-state index is -5.59. The van der Waals surface area contributed by atoms with Gasteiger partial charge in [0.1, 0.15) is 0 Å². The molecule has 3 aromatic carbocycles. The molecule has 216 valence electrons. The Morgan fingerprint density at radius 2 is 1.00 bits per heavy atom. The molecule has 0 aliphatic heterocycles. The number of halogens is 3. The summed E-state index contributed by atoms with van der Waals surface area (Å²) < 4.78 is 59.4. The second-order valence-corrected chi connectivity index (χ2v) is 13.8. The van der Waals surface area contributed by atoms with Gasteiger partial charge in [0.2, 0.25) is 0 Å². The summed E-state index contributed by atoms with van der Waals surface area (Å²) in [4.78, 5) is 40.7. The molecular weight excluding hydrogens is 585 g/mol. The van der Waals surface area contributed by atoms with Crippen molar-refractivity contribution >= 4 is 17.9 Å². The van der Waals surface area contributed by atoms with Gasteiger partial charge in [0, 0.05) is 0 Å². The quantitative estimate of drug-likeness (QED) is 0.255. The van der Waals surface area contributed by atoms with E-state index >= 15 is 0 Å². The van der Waals surface area contributed by atoms with Crippen LogP contribution in [0.1, 0.15) is 70.6 Å². The van der Waals surface area contributed by atoms with E-state index in [2.05, 4.69) is 0 Å². The Bertz CT molecular complexity index is 1450. The van der Waals surface area contributed by atoms with Gasteiger partial charge in [0.15, 0.2) is 0 Å². The second kappa shape index (κ2) is 12.1. The van der Waals surface area contributed by atoms with Gasteiger partial charge in [-0.05, 0) is 0 Å². The molecule has 0 saturated carbocycles. The first-order chi connectivity index (χ1) is 20.1. The van der Waals surface area contributed by atoms with Crippen LogP contribution < -0.4 is 0 Å². The van der Waals surface area contributed by atoms with Gasteiger partial charge >= 0.3 is 246 Å². The Balaban J connectivity index is 1.65. The minimum absolute atomic E-state index is 0.0521. The number of allylic oxidation sites excluding steroid dienone is 4. The zero-order valence-corrected chi connectivity index (χ0v) is 24.5. The van der Waals surface area contributed by atoms with Crippen molar-refractivity contribution in [3.8, 4) is 0 Å². The molecule has 10 heteroatoms. The normalized spacial score (nSPS) is 16.6. The molecule has 2 aliphatic carbocycles. The molecule has 5 rings (SSSR count). The van der Waals surface area contributed by atoms with Crippen LogP contribution >= 0.6 is 0 Å². The first-order valence-electron chi connectivity index (χ1n) is 13.5. The summed E-state index contributed by atoms with van der Waals surface area (Å²) in [7, 11) is 0. The fraction of sp³-hybridized carbons (Fsp3) is 0.219. The fourth-order valence-corrected chi connectivity index (χ4v) is 9.98. The molecule has 42 heavy (non-hydrogen) atoms. The van der Waals surface area contributed by atoms with Gasteiger partial charge in [-0.15, -0.1) is 0 Å². The maximum absolute atomic E-state index is 13.6. The summed E-state index contributed by atoms with van der Waals surface area (Å²) in [6.07, 6.45) is 3.43. The van der Waals surface area contributed by atoms with Crippen molar-refractivity contribution in [2.24, 2.45) is 5.92 Å². The zero-order valence-electron chi connectivity index (χ0n) is 22.9. The summed E-state index contributed by atoms with van der Waals surface area (Å²) in [5.41, 5.74) is 2.71. The maximum atomic E-state index is 13.6. The van der Waals surface area contributed by atoms with Gasteiger partial charge in [-0.1, -0.05) is 0 Å². The SMILES string of the molecule is CC1=[C]([Ti]([O]C(=O)c2ccc(F)cc2)([O]C(=O)c2ccc(F)cc2)[O]C(=O)c2ccc(F)cc2)C(C)C2=C1CCCC2. The number of hydrogen-bond acceptors (Lipinski definition) is 6. The number of rotatable bonds is 7. The summed E-state index contributed by atoms with van der Waals surface area (Å²) in [5.74, 6) is -5.05. The van der Waals surface area contributed by atoms with Crippen molar-refractivity contribution in [1.29, 1.82) is 0 Å². The number of carbonyl (C=O) groups excluding carboxylic acids is 3. The molecular formula is C32H27F3O6Ti. The molecule has 0 heterocycles. The molecule has 3 aromatic rings. The Hall–Kier alpha value is -3.95. The molecule has 0 radical (unpaired) electrons. The Morgan fingerprint density at radius 3 is 1.36 bits per heavy atom. The molecule has 0 spiro atoms. The van der Waals surface area contributed by atoms with Crippen LogP contribution in [0.5, 0.6) is 0 Å². The molecule has 0 fully saturated rings. The Labute approximate surface area is 245 Å². The third-order valence-corrected chi connectivity index (χ3v) is 12.0. The molecule has 1 atom stereocenters. The zero-order chi connectivity index (χ0) is 30.0. The molecule has 6 nitrogen and oxygen atoms in total. The van der Waals surface area contributed by atoms with E-state index in [0.29, 0.717) is 3.88 Å². The van der Waals surface area contributed by atoms with E-state index in [1.165, 1.54) is 36.4 Å². The van der Waals surface area contributed by atoms with E-state index in [0.717, 1.165) is 78.8 Å². The fourth-order valence-electron chi connectivity index (χ4n) is 5.52. The summed E-state index contributed by atoms with van der Waals surface area (Å²) in [6.45, 7) is 3.71. The van der Waals surface area contributed by atoms with E-state index in [9.17, 15) is 27.6 Å². The van der Waals surface area contributed by atoms with Crippen molar-refractivity contribution in [2.75, 3.05) is 0 Å². The average molecular weight is 612 g/mol. The van der Waals surface area contributed by atoms with Crippen molar-refractivity contribution in [3.05, 3.63) is 128 Å². The van der Waals surface area contributed by atoms with Crippen molar-refractivity contribution < 1.29 is 55.3 Å². The van der Waals surface area contributed by atoms with Crippen LogP contribution in [0.3, 0.4) is 0 Å². The number of benzene rings is 3. The third-order valence-electron chi connectivity index (χ3n) is 7.57. The molecule has 0 bridgehead atoms. The summed E-state index contributed by atoms with van der Waals surface area (Å²) in [5, 5.41) is 0. The van der Waals surface area contributed by atoms with Crippen LogP contribution in [0.2, 0.25) is 0 Å². The Morgan fingerprint density at radius 1 is 0.643 bits per heavy atom. The monoisotopic (exact) mass is 612 g/mol. The Kier molecular flexibility index (Phi) is 8.52. The van der Waals surface area contributed by atoms with Crippen LogP contribution in [0.15, 0.2) is 93.4 Å². The van der Waals surface area contributed by atoms with Gasteiger partial charge in [-0.25, -0.2) is 0 Å². The first-order valence-corrected chi connectivity index (χ1v) is 16.2. The topological polar surface area (TPSA) is 78.9 Å². The van der Waals surface area contributed by atoms with E-state index in [1.54, 1.807) is 0 Å². The average Bonchev–Trinajstić information content (AvgIpc) is 3.23. The van der Waals surface area contributed by atoms with E-state index in [4.69, 9.17) is 9.96 Å². The predicted molar refractivity (Wildman–Crippen MR) is 143 cm³/mol. The van der Waals surface area contributed by atoms with Gasteiger partial charge in [0.05, 0.1) is 0 Å². The molecule has 0 N–H and O–H groups in total. The predicted octanol–water partition coefficient (Wildman–Crippen LogP) is 7.67. The van der Waals surface area contributed by atoms with Gasteiger partial charge in [-0.3, -0.25) is 0 Å². The van der Waals surface area contributed by atoms with E-state index < -0.39 is 53.1 Å². The first kappa shape index (κ1) is 29.5. The van der Waals surface area contributed by atoms with Crippen molar-refractivity contribution in [3.63, 3.8) is 0 Å². The van der Waals surface area contributed by atoms with Crippen LogP contribution in [0.4, 0.5) is 13.2 Å². The molecule has 0 aromatic heterocycles. The number of hydrogen-bond donors (Lipinski definition) is 0. The second-order valence-electron chi connectivity index (χ2n) is 10.2. The molecule has 0 saturated heterocycles. The van der Waals surface area contributed by atoms with Crippen LogP contribution in [0, 0.1) is 23.4 Å².